The molecule has 1 aromatic carbocycles. The van der Waals surface area contributed by atoms with E-state index in [-0.39, 0.29) is 17.9 Å². The Morgan fingerprint density at radius 1 is 1.50 bits per heavy atom. The van der Waals surface area contributed by atoms with Crippen LogP contribution >= 0.6 is 0 Å². The van der Waals surface area contributed by atoms with Crippen molar-refractivity contribution in [3.8, 4) is 5.75 Å². The fourth-order valence-electron chi connectivity index (χ4n) is 2.51. The molecule has 1 saturated heterocycles. The number of carbonyl (C=O) groups is 2. The van der Waals surface area contributed by atoms with Gasteiger partial charge in [-0.25, -0.2) is 4.79 Å². The third-order valence-electron chi connectivity index (χ3n) is 4.69. The minimum absolute atomic E-state index is 0.188. The van der Waals surface area contributed by atoms with Gasteiger partial charge in [0.25, 0.3) is 5.91 Å². The zero-order chi connectivity index (χ0) is 17.9. The SMILES string of the molecule is COc1ccc(C(=O)NC(C)(CN)C(C)C)cc1N1CCNC1=O. The molecule has 0 aromatic heterocycles. The predicted octanol–water partition coefficient (Wildman–Crippen LogP) is 1.33. The largest absolute Gasteiger partial charge is 0.495 e. The second kappa shape index (κ2) is 7.09. The molecule has 0 radical (unpaired) electrons. The van der Waals surface area contributed by atoms with Gasteiger partial charge in [0, 0.05) is 25.2 Å². The first-order chi connectivity index (χ1) is 11.3. The fourth-order valence-corrected chi connectivity index (χ4v) is 2.51. The van der Waals surface area contributed by atoms with Crippen LogP contribution in [-0.4, -0.2) is 44.2 Å². The number of hydrogen-bond acceptors (Lipinski definition) is 4. The van der Waals surface area contributed by atoms with E-state index in [0.29, 0.717) is 36.6 Å². The Balaban J connectivity index is 2.31. The molecular formula is C17H26N4O3. The maximum atomic E-state index is 12.6. The highest BCUT2D eigenvalue weighted by Crippen LogP contribution is 2.30. The quantitative estimate of drug-likeness (QED) is 0.731. The summed E-state index contributed by atoms with van der Waals surface area (Å²) in [6, 6.07) is 4.87. The van der Waals surface area contributed by atoms with Gasteiger partial charge in [-0.15, -0.1) is 0 Å². The van der Waals surface area contributed by atoms with Crippen LogP contribution in [0.1, 0.15) is 31.1 Å². The van der Waals surface area contributed by atoms with Crippen LogP contribution in [-0.2, 0) is 0 Å². The van der Waals surface area contributed by atoms with Crippen LogP contribution < -0.4 is 26.0 Å². The van der Waals surface area contributed by atoms with Gasteiger partial charge in [0.05, 0.1) is 18.3 Å². The monoisotopic (exact) mass is 334 g/mol. The maximum absolute atomic E-state index is 12.6. The van der Waals surface area contributed by atoms with E-state index in [1.165, 1.54) is 7.11 Å². The number of amides is 3. The van der Waals surface area contributed by atoms with Gasteiger partial charge < -0.3 is 21.1 Å². The highest BCUT2D eigenvalue weighted by molar-refractivity contribution is 6.00. The number of nitrogens with zero attached hydrogens (tertiary/aromatic N) is 1. The van der Waals surface area contributed by atoms with Gasteiger partial charge >= 0.3 is 6.03 Å². The average Bonchev–Trinajstić information content (AvgIpc) is 2.99. The third kappa shape index (κ3) is 3.46. The first kappa shape index (κ1) is 18.1. The van der Waals surface area contributed by atoms with Crippen molar-refractivity contribution in [2.24, 2.45) is 11.7 Å². The van der Waals surface area contributed by atoms with Gasteiger partial charge in [-0.05, 0) is 31.0 Å². The normalized spacial score (nSPS) is 16.8. The number of nitrogens with one attached hydrogen (secondary N) is 2. The van der Waals surface area contributed by atoms with E-state index in [4.69, 9.17) is 10.5 Å². The van der Waals surface area contributed by atoms with E-state index in [2.05, 4.69) is 10.6 Å². The molecule has 3 amide bonds. The molecule has 0 bridgehead atoms. The highest BCUT2D eigenvalue weighted by atomic mass is 16.5. The summed E-state index contributed by atoms with van der Waals surface area (Å²) in [4.78, 5) is 26.1. The summed E-state index contributed by atoms with van der Waals surface area (Å²) >= 11 is 0. The second-order valence-electron chi connectivity index (χ2n) is 6.50. The Morgan fingerprint density at radius 2 is 2.21 bits per heavy atom. The number of nitrogens with two attached hydrogens (primary N) is 1. The van der Waals surface area contributed by atoms with Crippen molar-refractivity contribution in [3.63, 3.8) is 0 Å². The molecule has 24 heavy (non-hydrogen) atoms. The lowest BCUT2D eigenvalue weighted by Crippen LogP contribution is -2.55. The summed E-state index contributed by atoms with van der Waals surface area (Å²) in [6.07, 6.45) is 0. The van der Waals surface area contributed by atoms with E-state index >= 15 is 0 Å². The van der Waals surface area contributed by atoms with E-state index in [0.717, 1.165) is 0 Å². The molecule has 0 spiro atoms. The molecule has 0 saturated carbocycles. The summed E-state index contributed by atoms with van der Waals surface area (Å²) < 4.78 is 5.33. The van der Waals surface area contributed by atoms with E-state index in [9.17, 15) is 9.59 Å². The van der Waals surface area contributed by atoms with Crippen LogP contribution in [0.25, 0.3) is 0 Å². The zero-order valence-electron chi connectivity index (χ0n) is 14.7. The van der Waals surface area contributed by atoms with Crippen molar-refractivity contribution in [2.75, 3.05) is 31.6 Å². The minimum Gasteiger partial charge on any atom is -0.495 e. The first-order valence-electron chi connectivity index (χ1n) is 8.08. The number of ether oxygens (including phenoxy) is 1. The molecule has 1 aliphatic rings. The Morgan fingerprint density at radius 3 is 2.71 bits per heavy atom. The Kier molecular flexibility index (Phi) is 5.33. The van der Waals surface area contributed by atoms with Crippen LogP contribution in [0.3, 0.4) is 0 Å². The molecule has 4 N–H and O–H groups in total. The predicted molar refractivity (Wildman–Crippen MR) is 93.5 cm³/mol. The van der Waals surface area contributed by atoms with Crippen molar-refractivity contribution in [2.45, 2.75) is 26.3 Å². The van der Waals surface area contributed by atoms with E-state index in [1.54, 1.807) is 23.1 Å². The summed E-state index contributed by atoms with van der Waals surface area (Å²) in [6.45, 7) is 7.40. The van der Waals surface area contributed by atoms with Crippen molar-refractivity contribution in [1.29, 1.82) is 0 Å². The van der Waals surface area contributed by atoms with Gasteiger partial charge in [0.1, 0.15) is 5.75 Å². The second-order valence-corrected chi connectivity index (χ2v) is 6.50. The van der Waals surface area contributed by atoms with Crippen LogP contribution in [0, 0.1) is 5.92 Å². The molecule has 1 aromatic rings. The lowest BCUT2D eigenvalue weighted by atomic mass is 9.88. The van der Waals surface area contributed by atoms with Gasteiger partial charge in [0.2, 0.25) is 0 Å². The van der Waals surface area contributed by atoms with E-state index in [1.807, 2.05) is 20.8 Å². The van der Waals surface area contributed by atoms with Crippen molar-refractivity contribution < 1.29 is 14.3 Å². The topological polar surface area (TPSA) is 96.7 Å². The number of hydrogen-bond donors (Lipinski definition) is 3. The molecule has 7 nitrogen and oxygen atoms in total. The summed E-state index contributed by atoms with van der Waals surface area (Å²) in [7, 11) is 1.54. The molecule has 132 valence electrons. The van der Waals surface area contributed by atoms with Crippen LogP contribution in [0.2, 0.25) is 0 Å². The highest BCUT2D eigenvalue weighted by Gasteiger charge is 2.30. The van der Waals surface area contributed by atoms with Gasteiger partial charge in [-0.2, -0.15) is 0 Å². The molecule has 1 heterocycles. The Bertz CT molecular complexity index is 632. The number of methoxy groups -OCH3 is 1. The smallest absolute Gasteiger partial charge is 0.322 e. The van der Waals surface area contributed by atoms with Crippen LogP contribution in [0.5, 0.6) is 5.75 Å². The molecular weight excluding hydrogens is 308 g/mol. The number of anilines is 1. The number of rotatable bonds is 6. The zero-order valence-corrected chi connectivity index (χ0v) is 14.7. The molecule has 1 unspecified atom stereocenters. The summed E-state index contributed by atoms with van der Waals surface area (Å²) in [5, 5.41) is 5.75. The van der Waals surface area contributed by atoms with Gasteiger partial charge in [0.15, 0.2) is 0 Å². The van der Waals surface area contributed by atoms with Crippen molar-refractivity contribution in [1.82, 2.24) is 10.6 Å². The first-order valence-corrected chi connectivity index (χ1v) is 8.08. The van der Waals surface area contributed by atoms with Gasteiger partial charge in [-0.3, -0.25) is 9.69 Å². The van der Waals surface area contributed by atoms with Gasteiger partial charge in [-0.1, -0.05) is 13.8 Å². The van der Waals surface area contributed by atoms with Crippen molar-refractivity contribution >= 4 is 17.6 Å². The minimum atomic E-state index is -0.498. The lowest BCUT2D eigenvalue weighted by Gasteiger charge is -2.33. The lowest BCUT2D eigenvalue weighted by molar-refractivity contribution is 0.0883. The molecule has 7 heteroatoms. The summed E-state index contributed by atoms with van der Waals surface area (Å²) in [5.74, 6) is 0.516. The Labute approximate surface area is 142 Å². The molecule has 2 rings (SSSR count). The Hall–Kier alpha value is -2.28. The van der Waals surface area contributed by atoms with E-state index < -0.39 is 5.54 Å². The molecule has 0 aliphatic carbocycles. The molecule has 1 fully saturated rings. The van der Waals surface area contributed by atoms with Crippen LogP contribution in [0.4, 0.5) is 10.5 Å². The molecule has 1 atom stereocenters. The number of urea groups is 1. The standard InChI is InChI=1S/C17H26N4O3/c1-11(2)17(3,10-18)20-15(22)12-5-6-14(24-4)13(9-12)21-8-7-19-16(21)23/h5-6,9,11H,7-8,10,18H2,1-4H3,(H,19,23)(H,20,22). The maximum Gasteiger partial charge on any atom is 0.322 e. The number of benzene rings is 1. The summed E-state index contributed by atoms with van der Waals surface area (Å²) in [5.41, 5.74) is 6.38. The van der Waals surface area contributed by atoms with Crippen molar-refractivity contribution in [3.05, 3.63) is 23.8 Å². The average molecular weight is 334 g/mol. The fraction of sp³-hybridized carbons (Fsp3) is 0.529. The number of carbonyl (C=O) groups excluding carboxylic acids is 2. The molecule has 1 aliphatic heterocycles. The third-order valence-corrected chi connectivity index (χ3v) is 4.69. The van der Waals surface area contributed by atoms with Crippen LogP contribution in [0.15, 0.2) is 18.2 Å².